The Bertz CT molecular complexity index is 83.1. The van der Waals surface area contributed by atoms with Crippen LogP contribution in [0, 0.1) is 0 Å². The van der Waals surface area contributed by atoms with E-state index in [2.05, 4.69) is 10.1 Å². The van der Waals surface area contributed by atoms with Crippen molar-refractivity contribution in [3.63, 3.8) is 0 Å². The average molecular weight is 131 g/mol. The second kappa shape index (κ2) is 5.72. The largest absolute Gasteiger partial charge is 0.377 e. The molecule has 0 aromatic rings. The van der Waals surface area contributed by atoms with E-state index in [-0.39, 0.29) is 12.4 Å². The van der Waals surface area contributed by atoms with Crippen molar-refractivity contribution in [2.45, 2.75) is 6.92 Å². The Morgan fingerprint density at radius 2 is 2.33 bits per heavy atom. The average Bonchev–Trinajstić information content (AvgIpc) is 1.85. The fourth-order valence-corrected chi connectivity index (χ4v) is 0.476. The lowest BCUT2D eigenvalue weighted by atomic mass is 10.4. The maximum absolute atomic E-state index is 10.6. The molecule has 0 rings (SSSR count). The van der Waals surface area contributed by atoms with Gasteiger partial charge in [0.2, 0.25) is 0 Å². The number of methoxy groups -OCH3 is 1. The Hall–Kier alpha value is -0.410. The smallest absolute Gasteiger partial charge is 0.172 e. The van der Waals surface area contributed by atoms with Gasteiger partial charge in [0.25, 0.3) is 0 Å². The van der Waals surface area contributed by atoms with Crippen molar-refractivity contribution in [3.05, 3.63) is 0 Å². The summed E-state index contributed by atoms with van der Waals surface area (Å²) in [5.41, 5.74) is 0. The van der Waals surface area contributed by atoms with Crippen LogP contribution in [0.25, 0.3) is 0 Å². The lowest BCUT2D eigenvalue weighted by molar-refractivity contribution is -0.121. The summed E-state index contributed by atoms with van der Waals surface area (Å²) in [5, 5.41) is 2.90. The summed E-state index contributed by atoms with van der Waals surface area (Å²) in [7, 11) is 1.52. The molecule has 0 amide bonds. The van der Waals surface area contributed by atoms with Crippen LogP contribution in [0.5, 0.6) is 0 Å². The van der Waals surface area contributed by atoms with Crippen molar-refractivity contribution >= 4 is 5.78 Å². The molecule has 0 aliphatic carbocycles. The molecule has 0 spiro atoms. The molecule has 0 radical (unpaired) electrons. The third-order valence-electron chi connectivity index (χ3n) is 0.877. The minimum atomic E-state index is 0.0966. The molecule has 0 aliphatic rings. The van der Waals surface area contributed by atoms with Crippen molar-refractivity contribution in [3.8, 4) is 0 Å². The van der Waals surface area contributed by atoms with Crippen LogP contribution in [0.3, 0.4) is 0 Å². The first-order valence-corrected chi connectivity index (χ1v) is 3.02. The van der Waals surface area contributed by atoms with Gasteiger partial charge in [0.05, 0.1) is 6.54 Å². The van der Waals surface area contributed by atoms with E-state index in [1.165, 1.54) is 7.11 Å². The molecule has 0 aromatic heterocycles. The molecule has 0 aliphatic heterocycles. The second-order valence-electron chi connectivity index (χ2n) is 1.75. The number of ketones is 1. The molecule has 0 atom stereocenters. The van der Waals surface area contributed by atoms with Gasteiger partial charge in [0, 0.05) is 7.11 Å². The van der Waals surface area contributed by atoms with Crippen LogP contribution in [-0.2, 0) is 9.53 Å². The zero-order chi connectivity index (χ0) is 7.11. The number of carbonyl (C=O) groups excluding carboxylic acids is 1. The van der Waals surface area contributed by atoms with E-state index in [0.29, 0.717) is 6.54 Å². The molecule has 3 nitrogen and oxygen atoms in total. The Balaban J connectivity index is 3.06. The van der Waals surface area contributed by atoms with Crippen molar-refractivity contribution in [2.24, 2.45) is 0 Å². The number of ether oxygens (including phenoxy) is 1. The van der Waals surface area contributed by atoms with Crippen LogP contribution >= 0.6 is 0 Å². The van der Waals surface area contributed by atoms with Crippen LogP contribution in [0.4, 0.5) is 0 Å². The predicted octanol–water partition coefficient (Wildman–Crippen LogP) is -0.189. The highest BCUT2D eigenvalue weighted by Gasteiger charge is 1.96. The predicted molar refractivity (Wildman–Crippen MR) is 35.4 cm³/mol. The highest BCUT2D eigenvalue weighted by Crippen LogP contribution is 1.70. The van der Waals surface area contributed by atoms with Crippen molar-refractivity contribution in [2.75, 3.05) is 26.8 Å². The number of hydrogen-bond acceptors (Lipinski definition) is 3. The van der Waals surface area contributed by atoms with Gasteiger partial charge >= 0.3 is 0 Å². The SMILES string of the molecule is CCNCC(=O)COC. The van der Waals surface area contributed by atoms with Gasteiger partial charge in [-0.15, -0.1) is 0 Å². The zero-order valence-corrected chi connectivity index (χ0v) is 5.94. The minimum Gasteiger partial charge on any atom is -0.377 e. The van der Waals surface area contributed by atoms with Crippen molar-refractivity contribution < 1.29 is 9.53 Å². The Morgan fingerprint density at radius 1 is 1.67 bits per heavy atom. The normalized spacial score (nSPS) is 9.56. The van der Waals surface area contributed by atoms with E-state index in [9.17, 15) is 4.79 Å². The molecule has 0 bridgehead atoms. The van der Waals surface area contributed by atoms with E-state index in [0.717, 1.165) is 6.54 Å². The van der Waals surface area contributed by atoms with E-state index in [1.807, 2.05) is 6.92 Å². The lowest BCUT2D eigenvalue weighted by Crippen LogP contribution is -2.25. The van der Waals surface area contributed by atoms with Crippen LogP contribution in [0.1, 0.15) is 6.92 Å². The molecule has 1 N–H and O–H groups in total. The second-order valence-corrected chi connectivity index (χ2v) is 1.75. The van der Waals surface area contributed by atoms with Crippen molar-refractivity contribution in [1.29, 1.82) is 0 Å². The van der Waals surface area contributed by atoms with Crippen molar-refractivity contribution in [1.82, 2.24) is 5.32 Å². The van der Waals surface area contributed by atoms with Crippen LogP contribution in [0.2, 0.25) is 0 Å². The first kappa shape index (κ1) is 8.59. The topological polar surface area (TPSA) is 38.3 Å². The fourth-order valence-electron chi connectivity index (χ4n) is 0.476. The maximum Gasteiger partial charge on any atom is 0.172 e. The molecule has 9 heavy (non-hydrogen) atoms. The van der Waals surface area contributed by atoms with Crippen LogP contribution in [-0.4, -0.2) is 32.6 Å². The summed E-state index contributed by atoms with van der Waals surface area (Å²) in [4.78, 5) is 10.6. The van der Waals surface area contributed by atoms with E-state index in [4.69, 9.17) is 0 Å². The highest BCUT2D eigenvalue weighted by atomic mass is 16.5. The molecule has 0 saturated heterocycles. The third kappa shape index (κ3) is 5.46. The van der Waals surface area contributed by atoms with Gasteiger partial charge in [-0.1, -0.05) is 6.92 Å². The number of hydrogen-bond donors (Lipinski definition) is 1. The summed E-state index contributed by atoms with van der Waals surface area (Å²) in [6.07, 6.45) is 0. The minimum absolute atomic E-state index is 0.0966. The summed E-state index contributed by atoms with van der Waals surface area (Å²) in [6.45, 7) is 3.42. The summed E-state index contributed by atoms with van der Waals surface area (Å²) >= 11 is 0. The Kier molecular flexibility index (Phi) is 5.46. The molecular weight excluding hydrogens is 118 g/mol. The molecule has 54 valence electrons. The first-order chi connectivity index (χ1) is 4.31. The van der Waals surface area contributed by atoms with Gasteiger partial charge in [-0.05, 0) is 6.54 Å². The molecule has 0 unspecified atom stereocenters. The molecule has 0 saturated carbocycles. The zero-order valence-electron chi connectivity index (χ0n) is 5.94. The quantitative estimate of drug-likeness (QED) is 0.562. The number of carbonyl (C=O) groups is 1. The number of Topliss-reactive ketones (excluding diaryl/α,β-unsaturated/α-hetero) is 1. The highest BCUT2D eigenvalue weighted by molar-refractivity contribution is 5.81. The summed E-state index contributed by atoms with van der Waals surface area (Å²) in [5.74, 6) is 0.0966. The van der Waals surface area contributed by atoms with Gasteiger partial charge in [-0.3, -0.25) is 4.79 Å². The number of rotatable bonds is 5. The van der Waals surface area contributed by atoms with Crippen LogP contribution < -0.4 is 5.32 Å². The van der Waals surface area contributed by atoms with Gasteiger partial charge in [-0.2, -0.15) is 0 Å². The molecule has 0 fully saturated rings. The molecule has 0 heterocycles. The van der Waals surface area contributed by atoms with Gasteiger partial charge in [0.15, 0.2) is 5.78 Å². The fraction of sp³-hybridized carbons (Fsp3) is 0.833. The maximum atomic E-state index is 10.6. The van der Waals surface area contributed by atoms with Gasteiger partial charge in [-0.25, -0.2) is 0 Å². The standard InChI is InChI=1S/C6H13NO2/c1-3-7-4-6(8)5-9-2/h7H,3-5H2,1-2H3. The van der Waals surface area contributed by atoms with Crippen LogP contribution in [0.15, 0.2) is 0 Å². The lowest BCUT2D eigenvalue weighted by Gasteiger charge is -1.97. The van der Waals surface area contributed by atoms with Gasteiger partial charge in [0.1, 0.15) is 6.61 Å². The monoisotopic (exact) mass is 131 g/mol. The number of likely N-dealkylation sites (N-methyl/N-ethyl adjacent to an activating group) is 1. The van der Waals surface area contributed by atoms with Gasteiger partial charge < -0.3 is 10.1 Å². The first-order valence-electron chi connectivity index (χ1n) is 3.02. The van der Waals surface area contributed by atoms with E-state index < -0.39 is 0 Å². The molecule has 0 aromatic carbocycles. The molecule has 3 heteroatoms. The number of nitrogens with one attached hydrogen (secondary N) is 1. The summed E-state index contributed by atoms with van der Waals surface area (Å²) < 4.78 is 4.61. The van der Waals surface area contributed by atoms with E-state index >= 15 is 0 Å². The Labute approximate surface area is 55.4 Å². The third-order valence-corrected chi connectivity index (χ3v) is 0.877. The Morgan fingerprint density at radius 3 is 2.78 bits per heavy atom. The molecular formula is C6H13NO2. The van der Waals surface area contributed by atoms with E-state index in [1.54, 1.807) is 0 Å². The summed E-state index contributed by atoms with van der Waals surface area (Å²) in [6, 6.07) is 0.